The van der Waals surface area contributed by atoms with Gasteiger partial charge < -0.3 is 4.74 Å². The molecule has 0 saturated carbocycles. The van der Waals surface area contributed by atoms with Crippen LogP contribution in [0.1, 0.15) is 33.2 Å². The lowest BCUT2D eigenvalue weighted by atomic mass is 10.1. The highest BCUT2D eigenvalue weighted by atomic mass is 79.9. The third-order valence-electron chi connectivity index (χ3n) is 3.83. The second-order valence-electron chi connectivity index (χ2n) is 5.67. The number of esters is 1. The molecule has 0 unspecified atom stereocenters. The molecular formula is C20H16BrNO5. The van der Waals surface area contributed by atoms with Crippen LogP contribution in [-0.2, 0) is 14.4 Å². The van der Waals surface area contributed by atoms with Crippen molar-refractivity contribution in [3.05, 3.63) is 75.3 Å². The van der Waals surface area contributed by atoms with E-state index < -0.39 is 17.8 Å². The molecule has 0 bridgehead atoms. The maximum absolute atomic E-state index is 12.4. The maximum Gasteiger partial charge on any atom is 0.336 e. The van der Waals surface area contributed by atoms with E-state index >= 15 is 0 Å². The number of hydrogen-bond acceptors (Lipinski definition) is 5. The summed E-state index contributed by atoms with van der Waals surface area (Å²) in [7, 11) is 0. The fraction of sp³-hybridized carbons (Fsp3) is 0.150. The molecule has 3 rings (SSSR count). The Balaban J connectivity index is 1.81. The van der Waals surface area contributed by atoms with E-state index in [0.717, 1.165) is 10.0 Å². The van der Waals surface area contributed by atoms with Crippen LogP contribution in [0.3, 0.4) is 0 Å². The molecular weight excluding hydrogens is 414 g/mol. The molecule has 2 aromatic rings. The molecule has 0 N–H and O–H groups in total. The Hall–Kier alpha value is -2.77. The predicted molar refractivity (Wildman–Crippen MR) is 102 cm³/mol. The summed E-state index contributed by atoms with van der Waals surface area (Å²) < 4.78 is 5.90. The summed E-state index contributed by atoms with van der Waals surface area (Å²) in [6.45, 7) is 1.61. The summed E-state index contributed by atoms with van der Waals surface area (Å²) in [6, 6.07) is 13.8. The van der Waals surface area contributed by atoms with E-state index in [9.17, 15) is 14.4 Å². The predicted octanol–water partition coefficient (Wildman–Crippen LogP) is 3.62. The van der Waals surface area contributed by atoms with Gasteiger partial charge in [0.15, 0.2) is 0 Å². The summed E-state index contributed by atoms with van der Waals surface area (Å²) in [5.74, 6) is -1.68. The van der Waals surface area contributed by atoms with Crippen LogP contribution in [-0.4, -0.2) is 36.1 Å². The Labute approximate surface area is 164 Å². The van der Waals surface area contributed by atoms with Crippen molar-refractivity contribution >= 4 is 39.8 Å². The minimum atomic E-state index is -0.575. The molecule has 7 heteroatoms. The quantitative estimate of drug-likeness (QED) is 0.398. The third kappa shape index (κ3) is 4.15. The van der Waals surface area contributed by atoms with Gasteiger partial charge in [-0.15, -0.1) is 5.06 Å². The average Bonchev–Trinajstić information content (AvgIpc) is 2.90. The summed E-state index contributed by atoms with van der Waals surface area (Å²) in [6.07, 6.45) is 1.60. The number of imide groups is 1. The van der Waals surface area contributed by atoms with Gasteiger partial charge in [-0.25, -0.2) is 4.79 Å². The van der Waals surface area contributed by atoms with Gasteiger partial charge in [-0.2, -0.15) is 0 Å². The van der Waals surface area contributed by atoms with E-state index in [1.807, 2.05) is 24.3 Å². The molecule has 1 heterocycles. The smallest absolute Gasteiger partial charge is 0.336 e. The van der Waals surface area contributed by atoms with Crippen molar-refractivity contribution in [1.29, 1.82) is 0 Å². The number of carbonyl (C=O) groups excluding carboxylic acids is 3. The van der Waals surface area contributed by atoms with Crippen molar-refractivity contribution in [2.45, 2.75) is 6.92 Å². The molecule has 0 saturated heterocycles. The van der Waals surface area contributed by atoms with E-state index in [2.05, 4.69) is 15.9 Å². The number of halogens is 1. The first kappa shape index (κ1) is 19.0. The Morgan fingerprint density at radius 3 is 2.33 bits per heavy atom. The zero-order chi connectivity index (χ0) is 19.4. The molecule has 27 heavy (non-hydrogen) atoms. The van der Waals surface area contributed by atoms with E-state index in [0.29, 0.717) is 5.06 Å². The van der Waals surface area contributed by atoms with Crippen LogP contribution in [0.2, 0.25) is 0 Å². The highest BCUT2D eigenvalue weighted by molar-refractivity contribution is 9.10. The highest BCUT2D eigenvalue weighted by Gasteiger charge is 2.36. The lowest BCUT2D eigenvalue weighted by Crippen LogP contribution is -2.31. The van der Waals surface area contributed by atoms with Crippen LogP contribution in [0.5, 0.6) is 0 Å². The van der Waals surface area contributed by atoms with Crippen LogP contribution in [0.15, 0.2) is 58.6 Å². The third-order valence-corrected chi connectivity index (χ3v) is 4.33. The minimum Gasteiger partial charge on any atom is -0.463 e. The van der Waals surface area contributed by atoms with Gasteiger partial charge in [-0.3, -0.25) is 14.4 Å². The van der Waals surface area contributed by atoms with Crippen LogP contribution >= 0.6 is 15.9 Å². The van der Waals surface area contributed by atoms with Crippen LogP contribution in [0.25, 0.3) is 6.08 Å². The second kappa shape index (κ2) is 8.28. The number of hydroxylamine groups is 2. The molecule has 0 spiro atoms. The van der Waals surface area contributed by atoms with Gasteiger partial charge in [0, 0.05) is 4.47 Å². The number of carbonyl (C=O) groups is 3. The number of fused-ring (bicyclic) bond motifs is 1. The first-order chi connectivity index (χ1) is 13.0. The minimum absolute atomic E-state index is 0.187. The van der Waals surface area contributed by atoms with Crippen molar-refractivity contribution in [3.8, 4) is 0 Å². The van der Waals surface area contributed by atoms with Crippen molar-refractivity contribution in [1.82, 2.24) is 5.06 Å². The number of rotatable bonds is 6. The lowest BCUT2D eigenvalue weighted by Gasteiger charge is -2.14. The largest absolute Gasteiger partial charge is 0.463 e. The van der Waals surface area contributed by atoms with Gasteiger partial charge in [-0.05, 0) is 42.8 Å². The lowest BCUT2D eigenvalue weighted by molar-refractivity contribution is -0.141. The maximum atomic E-state index is 12.4. The number of nitrogens with zero attached hydrogens (tertiary/aromatic N) is 1. The van der Waals surface area contributed by atoms with Crippen LogP contribution < -0.4 is 0 Å². The SMILES string of the molecule is CCOC(=O)/C(=C/c1cccc(Br)c1)CON1C(=O)c2ccccc2C1=O. The molecule has 6 nitrogen and oxygen atoms in total. The van der Waals surface area contributed by atoms with Gasteiger partial charge in [0.25, 0.3) is 11.8 Å². The molecule has 0 fully saturated rings. The normalized spacial score (nSPS) is 13.7. The van der Waals surface area contributed by atoms with Gasteiger partial charge >= 0.3 is 5.97 Å². The highest BCUT2D eigenvalue weighted by Crippen LogP contribution is 2.23. The van der Waals surface area contributed by atoms with E-state index in [-0.39, 0.29) is 29.9 Å². The van der Waals surface area contributed by atoms with E-state index in [1.54, 1.807) is 37.3 Å². The Kier molecular flexibility index (Phi) is 5.83. The van der Waals surface area contributed by atoms with Gasteiger partial charge in [0.2, 0.25) is 0 Å². The zero-order valence-corrected chi connectivity index (χ0v) is 16.1. The van der Waals surface area contributed by atoms with Crippen molar-refractivity contribution in [3.63, 3.8) is 0 Å². The molecule has 138 valence electrons. The van der Waals surface area contributed by atoms with Crippen molar-refractivity contribution < 1.29 is 24.0 Å². The molecule has 0 atom stereocenters. The topological polar surface area (TPSA) is 72.9 Å². The number of amides is 2. The Morgan fingerprint density at radius 2 is 1.74 bits per heavy atom. The molecule has 1 aliphatic rings. The van der Waals surface area contributed by atoms with Gasteiger partial charge in [0.1, 0.15) is 6.61 Å². The first-order valence-electron chi connectivity index (χ1n) is 8.25. The van der Waals surface area contributed by atoms with Gasteiger partial charge in [-0.1, -0.05) is 40.2 Å². The van der Waals surface area contributed by atoms with Crippen molar-refractivity contribution in [2.24, 2.45) is 0 Å². The summed E-state index contributed by atoms with van der Waals surface area (Å²) in [4.78, 5) is 42.4. The summed E-state index contributed by atoms with van der Waals surface area (Å²) >= 11 is 3.37. The van der Waals surface area contributed by atoms with Gasteiger partial charge in [0.05, 0.1) is 23.3 Å². The molecule has 2 amide bonds. The molecule has 0 aliphatic carbocycles. The van der Waals surface area contributed by atoms with Crippen LogP contribution in [0.4, 0.5) is 0 Å². The number of benzene rings is 2. The monoisotopic (exact) mass is 429 g/mol. The fourth-order valence-corrected chi connectivity index (χ4v) is 3.02. The number of ether oxygens (including phenoxy) is 1. The number of hydrogen-bond donors (Lipinski definition) is 0. The Bertz CT molecular complexity index is 902. The molecule has 0 radical (unpaired) electrons. The first-order valence-corrected chi connectivity index (χ1v) is 9.04. The summed E-state index contributed by atoms with van der Waals surface area (Å²) in [5.41, 5.74) is 1.48. The standard InChI is InChI=1S/C20H16BrNO5/c1-2-26-20(25)14(10-13-6-5-7-15(21)11-13)12-27-22-18(23)16-8-3-4-9-17(16)19(22)24/h3-11H,2,12H2,1H3/b14-10+. The van der Waals surface area contributed by atoms with Crippen LogP contribution in [0, 0.1) is 0 Å². The molecule has 2 aromatic carbocycles. The average molecular weight is 430 g/mol. The zero-order valence-electron chi connectivity index (χ0n) is 14.5. The molecule has 0 aromatic heterocycles. The van der Waals surface area contributed by atoms with E-state index in [1.165, 1.54) is 0 Å². The van der Waals surface area contributed by atoms with Crippen molar-refractivity contribution in [2.75, 3.05) is 13.2 Å². The Morgan fingerprint density at radius 1 is 1.07 bits per heavy atom. The second-order valence-corrected chi connectivity index (χ2v) is 6.58. The fourth-order valence-electron chi connectivity index (χ4n) is 2.60. The molecule has 1 aliphatic heterocycles. The van der Waals surface area contributed by atoms with E-state index in [4.69, 9.17) is 9.57 Å². The summed E-state index contributed by atoms with van der Waals surface area (Å²) in [5, 5.41) is 0.679.